The number of hydrogen-bond acceptors (Lipinski definition) is 4. The van der Waals surface area contributed by atoms with Crippen LogP contribution in [-0.4, -0.2) is 25.1 Å². The molecule has 1 aliphatic rings. The van der Waals surface area contributed by atoms with Gasteiger partial charge in [0.25, 0.3) is 0 Å². The van der Waals surface area contributed by atoms with Crippen molar-refractivity contribution < 1.29 is 0 Å². The molecule has 1 aromatic rings. The summed E-state index contributed by atoms with van der Waals surface area (Å²) in [7, 11) is 2.00. The first-order valence-corrected chi connectivity index (χ1v) is 7.83. The van der Waals surface area contributed by atoms with Gasteiger partial charge in [0.05, 0.1) is 0 Å². The highest BCUT2D eigenvalue weighted by Crippen LogP contribution is 2.40. The third-order valence-corrected chi connectivity index (χ3v) is 5.82. The van der Waals surface area contributed by atoms with Crippen LogP contribution in [0.4, 0.5) is 5.13 Å². The lowest BCUT2D eigenvalue weighted by Gasteiger charge is -2.26. The van der Waals surface area contributed by atoms with E-state index in [2.05, 4.69) is 36.0 Å². The zero-order valence-electron chi connectivity index (χ0n) is 12.0. The summed E-state index contributed by atoms with van der Waals surface area (Å²) in [6.45, 7) is 9.18. The van der Waals surface area contributed by atoms with Gasteiger partial charge in [-0.15, -0.1) is 11.3 Å². The van der Waals surface area contributed by atoms with Crippen molar-refractivity contribution >= 4 is 16.5 Å². The molecule has 1 N–H and O–H groups in total. The van der Waals surface area contributed by atoms with E-state index in [0.717, 1.165) is 0 Å². The Morgan fingerprint density at radius 3 is 2.78 bits per heavy atom. The van der Waals surface area contributed by atoms with Gasteiger partial charge in [0, 0.05) is 30.2 Å². The van der Waals surface area contributed by atoms with Gasteiger partial charge in [-0.05, 0) is 38.6 Å². The lowest BCUT2D eigenvalue weighted by molar-refractivity contribution is 0.301. The Hall–Kier alpha value is -0.610. The van der Waals surface area contributed by atoms with Crippen LogP contribution < -0.4 is 10.2 Å². The summed E-state index contributed by atoms with van der Waals surface area (Å²) >= 11 is 1.84. The zero-order valence-corrected chi connectivity index (χ0v) is 12.8. The summed E-state index contributed by atoms with van der Waals surface area (Å²) in [5.74, 6) is 0. The fourth-order valence-electron chi connectivity index (χ4n) is 2.69. The predicted octanol–water partition coefficient (Wildman–Crippen LogP) is 3.44. The molecule has 0 bridgehead atoms. The molecule has 0 aliphatic carbocycles. The van der Waals surface area contributed by atoms with Gasteiger partial charge in [-0.25, -0.2) is 4.98 Å². The van der Waals surface area contributed by atoms with Gasteiger partial charge in [0.1, 0.15) is 0 Å². The average molecular weight is 267 g/mol. The number of anilines is 1. The first-order valence-electron chi connectivity index (χ1n) is 7.02. The number of rotatable bonds is 5. The van der Waals surface area contributed by atoms with Gasteiger partial charge in [0.15, 0.2) is 5.13 Å². The number of hydrogen-bond donors (Lipinski definition) is 1. The van der Waals surface area contributed by atoms with Crippen LogP contribution in [0, 0.1) is 5.41 Å². The minimum atomic E-state index is 0.404. The summed E-state index contributed by atoms with van der Waals surface area (Å²) in [6.07, 6.45) is 5.91. The number of nitrogens with zero attached hydrogens (tertiary/aromatic N) is 2. The molecule has 1 unspecified atom stereocenters. The van der Waals surface area contributed by atoms with E-state index in [9.17, 15) is 0 Å². The molecule has 4 heteroatoms. The van der Waals surface area contributed by atoms with Crippen LogP contribution in [0.15, 0.2) is 6.20 Å². The normalized spacial score (nSPS) is 20.3. The molecule has 0 spiro atoms. The number of aromatic nitrogens is 1. The molecule has 1 saturated heterocycles. The second-order valence-electron chi connectivity index (χ2n) is 5.43. The van der Waals surface area contributed by atoms with Crippen molar-refractivity contribution in [3.63, 3.8) is 0 Å². The van der Waals surface area contributed by atoms with Crippen molar-refractivity contribution in [2.75, 3.05) is 25.0 Å². The molecular weight excluding hydrogens is 242 g/mol. The van der Waals surface area contributed by atoms with E-state index in [4.69, 9.17) is 0 Å². The van der Waals surface area contributed by atoms with Crippen LogP contribution in [0.5, 0.6) is 0 Å². The van der Waals surface area contributed by atoms with E-state index in [1.807, 2.05) is 24.6 Å². The van der Waals surface area contributed by atoms with Crippen molar-refractivity contribution in [3.8, 4) is 0 Å². The lowest BCUT2D eigenvalue weighted by Crippen LogP contribution is -2.25. The standard InChI is InChI=1S/C14H25N3S/c1-5-14(6-2)7-8-17(10-14)13-16-9-12(18-13)11(3)15-4/h9,11,15H,5-8,10H2,1-4H3. The van der Waals surface area contributed by atoms with Crippen molar-refractivity contribution in [2.45, 2.75) is 46.1 Å². The fourth-order valence-corrected chi connectivity index (χ4v) is 3.69. The summed E-state index contributed by atoms with van der Waals surface area (Å²) in [6, 6.07) is 0.404. The van der Waals surface area contributed by atoms with E-state index in [1.165, 1.54) is 42.4 Å². The maximum atomic E-state index is 4.61. The van der Waals surface area contributed by atoms with Crippen LogP contribution in [0.2, 0.25) is 0 Å². The molecule has 102 valence electrons. The van der Waals surface area contributed by atoms with E-state index in [-0.39, 0.29) is 0 Å². The van der Waals surface area contributed by atoms with Crippen molar-refractivity contribution in [1.29, 1.82) is 0 Å². The summed E-state index contributed by atoms with van der Waals surface area (Å²) in [4.78, 5) is 8.41. The molecule has 0 amide bonds. The predicted molar refractivity (Wildman–Crippen MR) is 79.4 cm³/mol. The van der Waals surface area contributed by atoms with E-state index in [1.54, 1.807) is 0 Å². The number of nitrogens with one attached hydrogen (secondary N) is 1. The van der Waals surface area contributed by atoms with E-state index < -0.39 is 0 Å². The van der Waals surface area contributed by atoms with E-state index in [0.29, 0.717) is 11.5 Å². The highest BCUT2D eigenvalue weighted by Gasteiger charge is 2.35. The summed E-state index contributed by atoms with van der Waals surface area (Å²) in [5, 5.41) is 4.48. The average Bonchev–Trinajstić information content (AvgIpc) is 3.04. The zero-order chi connectivity index (χ0) is 13.2. The topological polar surface area (TPSA) is 28.2 Å². The van der Waals surface area contributed by atoms with Crippen LogP contribution in [0.1, 0.15) is 51.0 Å². The SMILES string of the molecule is CCC1(CC)CCN(c2ncc(C(C)NC)s2)C1. The first-order chi connectivity index (χ1) is 8.64. The smallest absolute Gasteiger partial charge is 0.185 e. The van der Waals surface area contributed by atoms with Gasteiger partial charge < -0.3 is 10.2 Å². The first kappa shape index (κ1) is 13.8. The summed E-state index contributed by atoms with van der Waals surface area (Å²) in [5.41, 5.74) is 0.528. The fraction of sp³-hybridized carbons (Fsp3) is 0.786. The maximum absolute atomic E-state index is 4.61. The molecule has 1 aliphatic heterocycles. The molecular formula is C14H25N3S. The quantitative estimate of drug-likeness (QED) is 0.886. The highest BCUT2D eigenvalue weighted by atomic mass is 32.1. The molecule has 1 atom stereocenters. The Bertz CT molecular complexity index is 384. The summed E-state index contributed by atoms with van der Waals surface area (Å²) < 4.78 is 0. The van der Waals surface area contributed by atoms with Gasteiger partial charge in [-0.3, -0.25) is 0 Å². The Morgan fingerprint density at radius 2 is 2.22 bits per heavy atom. The van der Waals surface area contributed by atoms with Crippen LogP contribution in [0.3, 0.4) is 0 Å². The molecule has 3 nitrogen and oxygen atoms in total. The minimum Gasteiger partial charge on any atom is -0.348 e. The second kappa shape index (κ2) is 5.57. The molecule has 1 fully saturated rings. The van der Waals surface area contributed by atoms with Crippen LogP contribution in [-0.2, 0) is 0 Å². The van der Waals surface area contributed by atoms with Gasteiger partial charge in [-0.2, -0.15) is 0 Å². The largest absolute Gasteiger partial charge is 0.348 e. The van der Waals surface area contributed by atoms with Crippen molar-refractivity contribution in [1.82, 2.24) is 10.3 Å². The third kappa shape index (κ3) is 2.54. The molecule has 1 aromatic heterocycles. The highest BCUT2D eigenvalue weighted by molar-refractivity contribution is 7.15. The second-order valence-corrected chi connectivity index (χ2v) is 6.47. The van der Waals surface area contributed by atoms with Crippen molar-refractivity contribution in [3.05, 3.63) is 11.1 Å². The minimum absolute atomic E-state index is 0.404. The van der Waals surface area contributed by atoms with E-state index >= 15 is 0 Å². The third-order valence-electron chi connectivity index (χ3n) is 4.58. The van der Waals surface area contributed by atoms with Crippen LogP contribution in [0.25, 0.3) is 0 Å². The molecule has 18 heavy (non-hydrogen) atoms. The Balaban J connectivity index is 2.07. The Kier molecular flexibility index (Phi) is 4.28. The lowest BCUT2D eigenvalue weighted by atomic mass is 9.82. The molecule has 0 radical (unpaired) electrons. The van der Waals surface area contributed by atoms with Crippen LogP contribution >= 0.6 is 11.3 Å². The van der Waals surface area contributed by atoms with Gasteiger partial charge in [-0.1, -0.05) is 13.8 Å². The number of thiazole rings is 1. The van der Waals surface area contributed by atoms with Gasteiger partial charge in [0.2, 0.25) is 0 Å². The molecule has 0 aromatic carbocycles. The Morgan fingerprint density at radius 1 is 1.50 bits per heavy atom. The molecule has 2 heterocycles. The van der Waals surface area contributed by atoms with Gasteiger partial charge >= 0.3 is 0 Å². The monoisotopic (exact) mass is 267 g/mol. The van der Waals surface area contributed by atoms with Crippen molar-refractivity contribution in [2.24, 2.45) is 5.41 Å². The maximum Gasteiger partial charge on any atom is 0.185 e. The molecule has 2 rings (SSSR count). The molecule has 0 saturated carbocycles. The Labute approximate surface area is 115 Å².